The van der Waals surface area contributed by atoms with Crippen LogP contribution in [0.5, 0.6) is 5.75 Å². The van der Waals surface area contributed by atoms with Crippen LogP contribution < -0.4 is 4.74 Å². The summed E-state index contributed by atoms with van der Waals surface area (Å²) in [5, 5.41) is 0.119. The SMILES string of the molecule is CCOc1ccc([C@H]2CC[C@H]([C@H]3CC[C@H](C=O)CC3)CC2)c(F)c1Cl. The summed E-state index contributed by atoms with van der Waals surface area (Å²) in [7, 11) is 0. The summed E-state index contributed by atoms with van der Waals surface area (Å²) in [4.78, 5) is 10.9. The Morgan fingerprint density at radius 3 is 2.24 bits per heavy atom. The minimum Gasteiger partial charge on any atom is -0.492 e. The highest BCUT2D eigenvalue weighted by Crippen LogP contribution is 2.45. The Morgan fingerprint density at radius 1 is 1.08 bits per heavy atom. The maximum atomic E-state index is 14.7. The van der Waals surface area contributed by atoms with Crippen molar-refractivity contribution in [1.82, 2.24) is 0 Å². The first-order chi connectivity index (χ1) is 12.1. The normalized spacial score (nSPS) is 30.0. The molecule has 2 nitrogen and oxygen atoms in total. The van der Waals surface area contributed by atoms with Gasteiger partial charge in [-0.05, 0) is 87.7 Å². The molecule has 0 atom stereocenters. The largest absolute Gasteiger partial charge is 0.492 e. The summed E-state index contributed by atoms with van der Waals surface area (Å²) in [6.45, 7) is 2.35. The summed E-state index contributed by atoms with van der Waals surface area (Å²) < 4.78 is 20.0. The fourth-order valence-electron chi connectivity index (χ4n) is 4.78. The molecule has 0 N–H and O–H groups in total. The molecule has 3 rings (SSSR count). The second-order valence-electron chi connectivity index (χ2n) is 7.64. The molecule has 2 saturated carbocycles. The summed E-state index contributed by atoms with van der Waals surface area (Å²) in [6.07, 6.45) is 9.97. The fraction of sp³-hybridized carbons (Fsp3) is 0.667. The minimum atomic E-state index is -0.303. The van der Waals surface area contributed by atoms with Gasteiger partial charge in [-0.15, -0.1) is 0 Å². The van der Waals surface area contributed by atoms with E-state index in [2.05, 4.69) is 0 Å². The lowest BCUT2D eigenvalue weighted by Gasteiger charge is -2.37. The Bertz CT molecular complexity index is 588. The van der Waals surface area contributed by atoms with Crippen molar-refractivity contribution in [3.05, 3.63) is 28.5 Å². The van der Waals surface area contributed by atoms with Crippen molar-refractivity contribution >= 4 is 17.9 Å². The Balaban J connectivity index is 1.59. The van der Waals surface area contributed by atoms with Crippen LogP contribution in [0.1, 0.15) is 69.8 Å². The van der Waals surface area contributed by atoms with Gasteiger partial charge in [0.2, 0.25) is 0 Å². The first kappa shape index (κ1) is 18.7. The number of carbonyl (C=O) groups is 1. The average Bonchev–Trinajstić information content (AvgIpc) is 2.66. The van der Waals surface area contributed by atoms with E-state index in [1.54, 1.807) is 6.07 Å². The number of halogens is 2. The number of ether oxygens (including phenoxy) is 1. The van der Waals surface area contributed by atoms with Gasteiger partial charge in [0, 0.05) is 5.92 Å². The molecule has 2 fully saturated rings. The van der Waals surface area contributed by atoms with Gasteiger partial charge in [0.1, 0.15) is 22.9 Å². The summed E-state index contributed by atoms with van der Waals surface area (Å²) in [6, 6.07) is 3.66. The standard InChI is InChI=1S/C21H28ClFO2/c1-2-25-19-12-11-18(21(23)20(19)22)17-9-7-16(8-10-17)15-5-3-14(13-24)4-6-15/h11-17H,2-10H2,1H3/t14-,15-,16-,17-. The van der Waals surface area contributed by atoms with Gasteiger partial charge in [-0.3, -0.25) is 0 Å². The van der Waals surface area contributed by atoms with E-state index in [0.29, 0.717) is 12.4 Å². The lowest BCUT2D eigenvalue weighted by atomic mass is 9.68. The molecular weight excluding hydrogens is 339 g/mol. The van der Waals surface area contributed by atoms with Gasteiger partial charge in [0.25, 0.3) is 0 Å². The maximum Gasteiger partial charge on any atom is 0.149 e. The Morgan fingerprint density at radius 2 is 1.68 bits per heavy atom. The third-order valence-corrected chi connectivity index (χ3v) is 6.62. The Hall–Kier alpha value is -1.09. The maximum absolute atomic E-state index is 14.7. The molecule has 138 valence electrons. The van der Waals surface area contributed by atoms with Crippen molar-refractivity contribution in [3.63, 3.8) is 0 Å². The molecule has 1 aromatic rings. The van der Waals surface area contributed by atoms with Gasteiger partial charge >= 0.3 is 0 Å². The first-order valence-corrected chi connectivity index (χ1v) is 10.1. The van der Waals surface area contributed by atoms with E-state index in [1.807, 2.05) is 13.0 Å². The monoisotopic (exact) mass is 366 g/mol. The van der Waals surface area contributed by atoms with E-state index in [-0.39, 0.29) is 22.7 Å². The highest BCUT2D eigenvalue weighted by molar-refractivity contribution is 6.32. The van der Waals surface area contributed by atoms with Crippen molar-refractivity contribution in [2.45, 2.75) is 64.2 Å². The van der Waals surface area contributed by atoms with Crippen molar-refractivity contribution in [3.8, 4) is 5.75 Å². The molecule has 2 aliphatic carbocycles. The van der Waals surface area contributed by atoms with Gasteiger partial charge in [0.05, 0.1) is 6.61 Å². The van der Waals surface area contributed by atoms with Crippen molar-refractivity contribution in [2.75, 3.05) is 6.61 Å². The first-order valence-electron chi connectivity index (χ1n) is 9.70. The number of benzene rings is 1. The smallest absolute Gasteiger partial charge is 0.149 e. The van der Waals surface area contributed by atoms with Gasteiger partial charge < -0.3 is 9.53 Å². The van der Waals surface area contributed by atoms with E-state index in [4.69, 9.17) is 16.3 Å². The quantitative estimate of drug-likeness (QED) is 0.583. The highest BCUT2D eigenvalue weighted by Gasteiger charge is 2.32. The van der Waals surface area contributed by atoms with Crippen LogP contribution in [0.4, 0.5) is 4.39 Å². The zero-order valence-corrected chi connectivity index (χ0v) is 15.7. The molecule has 1 aromatic carbocycles. The van der Waals surface area contributed by atoms with E-state index in [0.717, 1.165) is 62.2 Å². The zero-order chi connectivity index (χ0) is 17.8. The lowest BCUT2D eigenvalue weighted by molar-refractivity contribution is -0.112. The van der Waals surface area contributed by atoms with E-state index >= 15 is 0 Å². The predicted molar refractivity (Wildman–Crippen MR) is 98.8 cm³/mol. The number of hydrogen-bond donors (Lipinski definition) is 0. The van der Waals surface area contributed by atoms with Crippen LogP contribution in [0.25, 0.3) is 0 Å². The topological polar surface area (TPSA) is 26.3 Å². The fourth-order valence-corrected chi connectivity index (χ4v) is 5.01. The van der Waals surface area contributed by atoms with E-state index < -0.39 is 0 Å². The molecule has 0 bridgehead atoms. The van der Waals surface area contributed by atoms with Crippen LogP contribution in [-0.4, -0.2) is 12.9 Å². The van der Waals surface area contributed by atoms with Gasteiger partial charge in [-0.1, -0.05) is 17.7 Å². The third-order valence-electron chi connectivity index (χ3n) is 6.26. The van der Waals surface area contributed by atoms with E-state index in [9.17, 15) is 9.18 Å². The number of rotatable bonds is 5. The predicted octanol–water partition coefficient (Wildman–Crippen LogP) is 6.16. The van der Waals surface area contributed by atoms with Gasteiger partial charge in [-0.25, -0.2) is 4.39 Å². The third kappa shape index (κ3) is 4.19. The second-order valence-corrected chi connectivity index (χ2v) is 8.01. The second kappa shape index (κ2) is 8.53. The number of hydrogen-bond acceptors (Lipinski definition) is 2. The Kier molecular flexibility index (Phi) is 6.38. The molecule has 25 heavy (non-hydrogen) atoms. The molecule has 0 aromatic heterocycles. The van der Waals surface area contributed by atoms with Crippen molar-refractivity contribution in [1.29, 1.82) is 0 Å². The average molecular weight is 367 g/mol. The van der Waals surface area contributed by atoms with Crippen molar-refractivity contribution in [2.24, 2.45) is 17.8 Å². The summed E-state index contributed by atoms with van der Waals surface area (Å²) >= 11 is 6.15. The van der Waals surface area contributed by atoms with Gasteiger partial charge in [0.15, 0.2) is 0 Å². The van der Waals surface area contributed by atoms with E-state index in [1.165, 1.54) is 12.8 Å². The van der Waals surface area contributed by atoms with Crippen LogP contribution in [0, 0.1) is 23.6 Å². The molecule has 0 amide bonds. The minimum absolute atomic E-state index is 0.119. The zero-order valence-electron chi connectivity index (χ0n) is 15.0. The molecule has 0 heterocycles. The molecule has 0 saturated heterocycles. The summed E-state index contributed by atoms with van der Waals surface area (Å²) in [5.41, 5.74) is 0.747. The van der Waals surface area contributed by atoms with Crippen LogP contribution >= 0.6 is 11.6 Å². The molecule has 0 radical (unpaired) electrons. The van der Waals surface area contributed by atoms with Crippen LogP contribution in [0.15, 0.2) is 12.1 Å². The highest BCUT2D eigenvalue weighted by atomic mass is 35.5. The number of aldehydes is 1. The number of carbonyl (C=O) groups excluding carboxylic acids is 1. The molecule has 0 unspecified atom stereocenters. The molecular formula is C21H28ClFO2. The lowest BCUT2D eigenvalue weighted by Crippen LogP contribution is -2.26. The molecule has 0 aliphatic heterocycles. The van der Waals surface area contributed by atoms with Crippen LogP contribution in [0.2, 0.25) is 5.02 Å². The molecule has 2 aliphatic rings. The Labute approximate surface area is 155 Å². The summed E-state index contributed by atoms with van der Waals surface area (Å²) in [5.74, 6) is 2.17. The van der Waals surface area contributed by atoms with Gasteiger partial charge in [-0.2, -0.15) is 0 Å². The van der Waals surface area contributed by atoms with Crippen molar-refractivity contribution < 1.29 is 13.9 Å². The molecule has 0 spiro atoms. The van der Waals surface area contributed by atoms with Crippen LogP contribution in [-0.2, 0) is 4.79 Å². The van der Waals surface area contributed by atoms with Crippen LogP contribution in [0.3, 0.4) is 0 Å². The molecule has 4 heteroatoms.